The molecule has 10 heteroatoms. The van der Waals surface area contributed by atoms with Crippen molar-refractivity contribution in [2.45, 2.75) is 45.5 Å². The van der Waals surface area contributed by atoms with E-state index in [1.165, 1.54) is 30.0 Å². The van der Waals surface area contributed by atoms with Crippen molar-refractivity contribution in [1.29, 1.82) is 0 Å². The van der Waals surface area contributed by atoms with Crippen LogP contribution in [0.3, 0.4) is 0 Å². The lowest BCUT2D eigenvalue weighted by Gasteiger charge is -2.13. The molecule has 0 bridgehead atoms. The number of amidine groups is 1. The average molecular weight is 563 g/mol. The zero-order valence-corrected chi connectivity index (χ0v) is 23.1. The Hall–Kier alpha value is -3.53. The van der Waals surface area contributed by atoms with E-state index in [2.05, 4.69) is 27.5 Å². The molecule has 2 aromatic carbocycles. The summed E-state index contributed by atoms with van der Waals surface area (Å²) in [6.07, 6.45) is 2.45. The maximum atomic E-state index is 14.1. The molecular formula is C29H34F4N4OS. The van der Waals surface area contributed by atoms with Crippen LogP contribution in [0, 0.1) is 5.82 Å². The zero-order chi connectivity index (χ0) is 28.8. The Morgan fingerprint density at radius 1 is 1.15 bits per heavy atom. The van der Waals surface area contributed by atoms with Crippen LogP contribution in [0.15, 0.2) is 88.8 Å². The first-order valence-electron chi connectivity index (χ1n) is 12.4. The first kappa shape index (κ1) is 31.7. The summed E-state index contributed by atoms with van der Waals surface area (Å²) < 4.78 is 52.5. The molecule has 0 saturated heterocycles. The summed E-state index contributed by atoms with van der Waals surface area (Å²) in [6.45, 7) is 8.50. The molecule has 0 radical (unpaired) electrons. The molecule has 0 aromatic heterocycles. The van der Waals surface area contributed by atoms with Crippen LogP contribution in [0.4, 0.5) is 22.4 Å². The molecule has 2 aromatic rings. The first-order valence-corrected chi connectivity index (χ1v) is 13.2. The number of benzene rings is 2. The molecule has 0 heterocycles. The van der Waals surface area contributed by atoms with Crippen LogP contribution in [-0.4, -0.2) is 30.8 Å². The van der Waals surface area contributed by atoms with Gasteiger partial charge in [0.05, 0.1) is 12.1 Å². The lowest BCUT2D eigenvalue weighted by molar-refractivity contribution is -0.137. The monoisotopic (exact) mass is 562 g/mol. The maximum Gasteiger partial charge on any atom is 0.416 e. The molecule has 3 N–H and O–H groups in total. The summed E-state index contributed by atoms with van der Waals surface area (Å²) >= 11 is 1.30. The normalized spacial score (nSPS) is 13.3. The van der Waals surface area contributed by atoms with Crippen molar-refractivity contribution in [2.24, 2.45) is 4.99 Å². The number of carbonyl (C=O) groups is 1. The fourth-order valence-electron chi connectivity index (χ4n) is 3.36. The minimum absolute atomic E-state index is 0.127. The SMILES string of the molecule is C=C(SC(=NCc1ccccc1F)NCCCc1ccc(C(F)(F)F)cc1)C(/C=C\C(C)NC(=O)NC)=C/C. The molecular weight excluding hydrogens is 528 g/mol. The van der Waals surface area contributed by atoms with Crippen LogP contribution in [0.5, 0.6) is 0 Å². The zero-order valence-electron chi connectivity index (χ0n) is 22.2. The molecule has 0 aliphatic heterocycles. The number of nitrogens with zero attached hydrogens (tertiary/aromatic N) is 1. The Bertz CT molecular complexity index is 1190. The highest BCUT2D eigenvalue weighted by atomic mass is 32.2. The van der Waals surface area contributed by atoms with Crippen LogP contribution in [0.1, 0.15) is 37.0 Å². The molecule has 0 aliphatic carbocycles. The average Bonchev–Trinajstić information content (AvgIpc) is 2.90. The number of amides is 2. The maximum absolute atomic E-state index is 14.1. The number of rotatable bonds is 11. The molecule has 0 fully saturated rings. The van der Waals surface area contributed by atoms with Gasteiger partial charge in [-0.15, -0.1) is 0 Å². The predicted octanol–water partition coefficient (Wildman–Crippen LogP) is 6.99. The van der Waals surface area contributed by atoms with Gasteiger partial charge in [0.2, 0.25) is 0 Å². The standard InChI is InChI=1S/C29H34F4N4OS/c1-5-23(15-12-20(2)37-27(38)34-4)21(3)39-28(36-19-24-10-6-7-11-26(24)30)35-18-8-9-22-13-16-25(17-14-22)29(31,32)33/h5-7,10-17,20H,3,8-9,18-19H2,1-2,4H3,(H,35,36)(H2,34,37,38)/b15-12-,23-5+. The van der Waals surface area contributed by atoms with Gasteiger partial charge in [-0.1, -0.05) is 66.9 Å². The van der Waals surface area contributed by atoms with Crippen molar-refractivity contribution in [3.8, 4) is 0 Å². The van der Waals surface area contributed by atoms with Gasteiger partial charge in [-0.05, 0) is 56.0 Å². The molecule has 210 valence electrons. The highest BCUT2D eigenvalue weighted by molar-refractivity contribution is 8.17. The Labute approximate surface area is 231 Å². The molecule has 5 nitrogen and oxygen atoms in total. The lowest BCUT2D eigenvalue weighted by atomic mass is 10.1. The minimum Gasteiger partial charge on any atom is -0.365 e. The molecule has 1 unspecified atom stereocenters. The van der Waals surface area contributed by atoms with Crippen LogP contribution in [-0.2, 0) is 19.1 Å². The van der Waals surface area contributed by atoms with E-state index in [0.717, 1.165) is 23.3 Å². The van der Waals surface area contributed by atoms with Gasteiger partial charge >= 0.3 is 12.2 Å². The second kappa shape index (κ2) is 15.8. The van der Waals surface area contributed by atoms with Gasteiger partial charge in [-0.2, -0.15) is 13.2 Å². The van der Waals surface area contributed by atoms with Crippen LogP contribution >= 0.6 is 11.8 Å². The topological polar surface area (TPSA) is 65.5 Å². The molecule has 0 aliphatic rings. The van der Waals surface area contributed by atoms with E-state index in [-0.39, 0.29) is 24.4 Å². The van der Waals surface area contributed by atoms with E-state index in [9.17, 15) is 22.4 Å². The number of thioether (sulfide) groups is 1. The van der Waals surface area contributed by atoms with Crippen molar-refractivity contribution < 1.29 is 22.4 Å². The number of carbonyl (C=O) groups excluding carboxylic acids is 1. The highest BCUT2D eigenvalue weighted by Gasteiger charge is 2.29. The van der Waals surface area contributed by atoms with Gasteiger partial charge in [-0.25, -0.2) is 9.18 Å². The Kier molecular flexibility index (Phi) is 12.8. The molecule has 2 rings (SSSR count). The Balaban J connectivity index is 2.05. The van der Waals surface area contributed by atoms with Crippen molar-refractivity contribution in [1.82, 2.24) is 16.0 Å². The molecule has 2 amide bonds. The number of nitrogens with one attached hydrogen (secondary N) is 3. The van der Waals surface area contributed by atoms with E-state index in [0.29, 0.717) is 35.0 Å². The number of alkyl halides is 3. The van der Waals surface area contributed by atoms with Crippen molar-refractivity contribution in [2.75, 3.05) is 13.6 Å². The van der Waals surface area contributed by atoms with Crippen molar-refractivity contribution in [3.63, 3.8) is 0 Å². The van der Waals surface area contributed by atoms with Gasteiger partial charge < -0.3 is 16.0 Å². The fraction of sp³-hybridized carbons (Fsp3) is 0.310. The summed E-state index contributed by atoms with van der Waals surface area (Å²) in [6, 6.07) is 11.0. The number of aryl methyl sites for hydroxylation is 1. The number of allylic oxidation sites excluding steroid dienone is 3. The van der Waals surface area contributed by atoms with Crippen molar-refractivity contribution >= 4 is 23.0 Å². The van der Waals surface area contributed by atoms with Gasteiger partial charge in [0.1, 0.15) is 5.82 Å². The largest absolute Gasteiger partial charge is 0.416 e. The van der Waals surface area contributed by atoms with Crippen molar-refractivity contribution in [3.05, 3.63) is 106 Å². The second-order valence-corrected chi connectivity index (χ2v) is 9.66. The summed E-state index contributed by atoms with van der Waals surface area (Å²) in [4.78, 5) is 16.8. The smallest absolute Gasteiger partial charge is 0.365 e. The summed E-state index contributed by atoms with van der Waals surface area (Å²) in [5, 5.41) is 9.07. The van der Waals surface area contributed by atoms with E-state index >= 15 is 0 Å². The third-order valence-electron chi connectivity index (χ3n) is 5.55. The number of halogens is 4. The molecule has 0 spiro atoms. The third kappa shape index (κ3) is 11.4. The van der Waals surface area contributed by atoms with Gasteiger partial charge in [0, 0.05) is 30.1 Å². The quantitative estimate of drug-likeness (QED) is 0.0910. The van der Waals surface area contributed by atoms with E-state index in [4.69, 9.17) is 0 Å². The van der Waals surface area contributed by atoms with E-state index in [1.54, 1.807) is 25.2 Å². The van der Waals surface area contributed by atoms with Gasteiger partial charge in [0.15, 0.2) is 5.17 Å². The second-order valence-electron chi connectivity index (χ2n) is 8.58. The van der Waals surface area contributed by atoms with E-state index in [1.807, 2.05) is 32.1 Å². The van der Waals surface area contributed by atoms with Gasteiger partial charge in [-0.3, -0.25) is 4.99 Å². The number of hydrogen-bond donors (Lipinski definition) is 3. The van der Waals surface area contributed by atoms with E-state index < -0.39 is 11.7 Å². The number of hydrogen-bond acceptors (Lipinski definition) is 3. The highest BCUT2D eigenvalue weighted by Crippen LogP contribution is 2.29. The number of aliphatic imine (C=N–C) groups is 1. The van der Waals surface area contributed by atoms with Crippen LogP contribution in [0.2, 0.25) is 0 Å². The molecule has 0 saturated carbocycles. The fourth-order valence-corrected chi connectivity index (χ4v) is 4.20. The Morgan fingerprint density at radius 3 is 2.46 bits per heavy atom. The molecule has 1 atom stereocenters. The third-order valence-corrected chi connectivity index (χ3v) is 6.50. The van der Waals surface area contributed by atoms with Crippen LogP contribution < -0.4 is 16.0 Å². The molecule has 39 heavy (non-hydrogen) atoms. The Morgan fingerprint density at radius 2 is 1.85 bits per heavy atom. The summed E-state index contributed by atoms with van der Waals surface area (Å²) in [5.74, 6) is -0.346. The van der Waals surface area contributed by atoms with Gasteiger partial charge in [0.25, 0.3) is 0 Å². The predicted molar refractivity (Wildman–Crippen MR) is 152 cm³/mol. The summed E-state index contributed by atoms with van der Waals surface area (Å²) in [5.41, 5.74) is 1.41. The first-order chi connectivity index (χ1) is 18.5. The number of urea groups is 1. The lowest BCUT2D eigenvalue weighted by Crippen LogP contribution is -2.37. The van der Waals surface area contributed by atoms with Crippen LogP contribution in [0.25, 0.3) is 0 Å². The summed E-state index contributed by atoms with van der Waals surface area (Å²) in [7, 11) is 1.54. The minimum atomic E-state index is -4.36.